The summed E-state index contributed by atoms with van der Waals surface area (Å²) in [4.78, 5) is 19.0. The molecule has 7 heteroatoms. The van der Waals surface area contributed by atoms with Gasteiger partial charge >= 0.3 is 0 Å². The molecule has 0 saturated heterocycles. The van der Waals surface area contributed by atoms with Crippen LogP contribution in [0.5, 0.6) is 5.75 Å². The average molecular weight is 356 g/mol. The van der Waals surface area contributed by atoms with Crippen molar-refractivity contribution in [2.45, 2.75) is 6.61 Å². The molecule has 0 fully saturated rings. The van der Waals surface area contributed by atoms with E-state index in [0.29, 0.717) is 37.5 Å². The molecule has 1 aromatic heterocycles. The maximum absolute atomic E-state index is 12.0. The first-order chi connectivity index (χ1) is 10.5. The minimum Gasteiger partial charge on any atom is -0.484 e. The predicted molar refractivity (Wildman–Crippen MR) is 88.2 cm³/mol. The molecule has 4 nitrogen and oxygen atoms in total. The van der Waals surface area contributed by atoms with Crippen molar-refractivity contribution in [2.24, 2.45) is 0 Å². The third-order valence-electron chi connectivity index (χ3n) is 3.00. The summed E-state index contributed by atoms with van der Waals surface area (Å²) in [6, 6.07) is 10.1. The van der Waals surface area contributed by atoms with E-state index >= 15 is 0 Å². The molecule has 2 aromatic carbocycles. The van der Waals surface area contributed by atoms with Gasteiger partial charge in [0.05, 0.1) is 26.0 Å². The Morgan fingerprint density at radius 1 is 1.05 bits per heavy atom. The van der Waals surface area contributed by atoms with Crippen molar-refractivity contribution in [1.29, 1.82) is 0 Å². The highest BCUT2D eigenvalue weighted by Gasteiger charge is 2.09. The van der Waals surface area contributed by atoms with E-state index in [2.05, 4.69) is 9.97 Å². The Kier molecular flexibility index (Phi) is 4.25. The van der Waals surface area contributed by atoms with E-state index in [0.717, 1.165) is 0 Å². The van der Waals surface area contributed by atoms with Gasteiger partial charge in [-0.15, -0.1) is 0 Å². The van der Waals surface area contributed by atoms with Crippen molar-refractivity contribution in [2.75, 3.05) is 0 Å². The summed E-state index contributed by atoms with van der Waals surface area (Å²) in [7, 11) is 0. The first-order valence-electron chi connectivity index (χ1n) is 6.30. The van der Waals surface area contributed by atoms with E-state index < -0.39 is 0 Å². The Bertz CT molecular complexity index is 909. The molecule has 22 heavy (non-hydrogen) atoms. The lowest BCUT2D eigenvalue weighted by Gasteiger charge is -2.09. The highest BCUT2D eigenvalue weighted by atomic mass is 35.5. The Labute approximate surface area is 140 Å². The number of aromatic nitrogens is 2. The Balaban J connectivity index is 1.88. The number of fused-ring (bicyclic) bond motifs is 1. The van der Waals surface area contributed by atoms with Gasteiger partial charge in [0.2, 0.25) is 0 Å². The lowest BCUT2D eigenvalue weighted by molar-refractivity contribution is 0.296. The number of nitrogens with zero attached hydrogens (tertiary/aromatic N) is 1. The quantitative estimate of drug-likeness (QED) is 0.706. The minimum absolute atomic E-state index is 0.0533. The summed E-state index contributed by atoms with van der Waals surface area (Å²) in [5.41, 5.74) is 0.384. The van der Waals surface area contributed by atoms with Crippen LogP contribution in [0.3, 0.4) is 0 Å². The van der Waals surface area contributed by atoms with Crippen molar-refractivity contribution in [3.05, 3.63) is 67.6 Å². The molecular weight excluding hydrogens is 347 g/mol. The van der Waals surface area contributed by atoms with Crippen LogP contribution in [0.2, 0.25) is 15.1 Å². The van der Waals surface area contributed by atoms with Crippen LogP contribution in [0.25, 0.3) is 10.9 Å². The van der Waals surface area contributed by atoms with Crippen LogP contribution in [0, 0.1) is 0 Å². The van der Waals surface area contributed by atoms with Crippen LogP contribution >= 0.6 is 34.8 Å². The number of para-hydroxylation sites is 1. The van der Waals surface area contributed by atoms with Crippen LogP contribution in [-0.2, 0) is 6.61 Å². The first-order valence-corrected chi connectivity index (χ1v) is 7.43. The number of rotatable bonds is 3. The molecule has 112 valence electrons. The van der Waals surface area contributed by atoms with E-state index in [1.54, 1.807) is 18.2 Å². The summed E-state index contributed by atoms with van der Waals surface area (Å²) in [5, 5.41) is 1.54. The van der Waals surface area contributed by atoms with Crippen LogP contribution < -0.4 is 10.3 Å². The second-order valence-electron chi connectivity index (χ2n) is 4.52. The van der Waals surface area contributed by atoms with E-state index in [1.165, 1.54) is 12.1 Å². The van der Waals surface area contributed by atoms with Gasteiger partial charge in [-0.25, -0.2) is 4.98 Å². The molecular formula is C15H9Cl3N2O2. The topological polar surface area (TPSA) is 55.0 Å². The van der Waals surface area contributed by atoms with Gasteiger partial charge in [-0.2, -0.15) is 0 Å². The van der Waals surface area contributed by atoms with Crippen LogP contribution in [-0.4, -0.2) is 9.97 Å². The first kappa shape index (κ1) is 15.2. The van der Waals surface area contributed by atoms with Crippen molar-refractivity contribution in [3.63, 3.8) is 0 Å². The molecule has 1 N–H and O–H groups in total. The van der Waals surface area contributed by atoms with Gasteiger partial charge in [-0.3, -0.25) is 4.79 Å². The van der Waals surface area contributed by atoms with E-state index in [9.17, 15) is 4.79 Å². The van der Waals surface area contributed by atoms with Crippen LogP contribution in [0.15, 0.2) is 41.2 Å². The minimum atomic E-state index is -0.218. The normalized spacial score (nSPS) is 10.9. The average Bonchev–Trinajstić information content (AvgIpc) is 2.50. The van der Waals surface area contributed by atoms with Crippen molar-refractivity contribution >= 4 is 45.7 Å². The van der Waals surface area contributed by atoms with Crippen LogP contribution in [0.4, 0.5) is 0 Å². The van der Waals surface area contributed by atoms with Gasteiger partial charge in [0.25, 0.3) is 5.56 Å². The van der Waals surface area contributed by atoms with Gasteiger partial charge in [-0.1, -0.05) is 46.9 Å². The molecule has 0 aliphatic rings. The highest BCUT2D eigenvalue weighted by molar-refractivity contribution is 6.43. The molecule has 0 aliphatic carbocycles. The Morgan fingerprint density at radius 2 is 1.77 bits per heavy atom. The van der Waals surface area contributed by atoms with Crippen LogP contribution in [0.1, 0.15) is 5.82 Å². The zero-order valence-electron chi connectivity index (χ0n) is 11.1. The summed E-state index contributed by atoms with van der Waals surface area (Å²) in [6.45, 7) is 0.0533. The number of ether oxygens (including phenoxy) is 1. The maximum atomic E-state index is 12.0. The van der Waals surface area contributed by atoms with Crippen molar-refractivity contribution in [3.8, 4) is 5.75 Å². The van der Waals surface area contributed by atoms with Gasteiger partial charge in [0.15, 0.2) is 0 Å². The number of benzene rings is 2. The number of aromatic amines is 1. The summed E-state index contributed by atoms with van der Waals surface area (Å²) in [6.07, 6.45) is 0. The standard InChI is InChI=1S/C15H9Cl3N2O2/c16-9-5-11(18)13(6-10(9)17)22-7-14-19-12-4-2-1-3-8(12)15(21)20-14/h1-6H,7H2,(H,19,20,21). The lowest BCUT2D eigenvalue weighted by atomic mass is 10.2. The van der Waals surface area contributed by atoms with E-state index in [4.69, 9.17) is 39.5 Å². The third-order valence-corrected chi connectivity index (χ3v) is 4.02. The molecule has 3 rings (SSSR count). The zero-order chi connectivity index (χ0) is 15.7. The molecule has 3 aromatic rings. The van der Waals surface area contributed by atoms with E-state index in [1.807, 2.05) is 6.07 Å². The van der Waals surface area contributed by atoms with Gasteiger partial charge in [0.1, 0.15) is 18.2 Å². The summed E-state index contributed by atoms with van der Waals surface area (Å²) >= 11 is 17.8. The largest absolute Gasteiger partial charge is 0.484 e. The zero-order valence-corrected chi connectivity index (χ0v) is 13.3. The monoisotopic (exact) mass is 354 g/mol. The van der Waals surface area contributed by atoms with Gasteiger partial charge in [-0.05, 0) is 18.2 Å². The molecule has 0 bridgehead atoms. The van der Waals surface area contributed by atoms with E-state index in [-0.39, 0.29) is 12.2 Å². The SMILES string of the molecule is O=c1[nH]c(COc2cc(Cl)c(Cl)cc2Cl)nc2ccccc12. The maximum Gasteiger partial charge on any atom is 0.258 e. The van der Waals surface area contributed by atoms with Gasteiger partial charge in [0, 0.05) is 6.07 Å². The third kappa shape index (κ3) is 3.04. The molecule has 0 saturated carbocycles. The molecule has 0 atom stereocenters. The molecule has 0 spiro atoms. The second-order valence-corrected chi connectivity index (χ2v) is 5.74. The molecule has 0 amide bonds. The summed E-state index contributed by atoms with van der Waals surface area (Å²) < 4.78 is 5.55. The lowest BCUT2D eigenvalue weighted by Crippen LogP contribution is -2.13. The van der Waals surface area contributed by atoms with Crippen molar-refractivity contribution in [1.82, 2.24) is 9.97 Å². The van der Waals surface area contributed by atoms with Gasteiger partial charge < -0.3 is 9.72 Å². The number of halogens is 3. The number of H-pyrrole nitrogens is 1. The molecule has 0 unspecified atom stereocenters. The number of nitrogens with one attached hydrogen (secondary N) is 1. The number of hydrogen-bond donors (Lipinski definition) is 1. The second kappa shape index (κ2) is 6.16. The van der Waals surface area contributed by atoms with Crippen molar-refractivity contribution < 1.29 is 4.74 Å². The fourth-order valence-electron chi connectivity index (χ4n) is 1.96. The molecule has 0 aliphatic heterocycles. The smallest absolute Gasteiger partial charge is 0.258 e. The molecule has 0 radical (unpaired) electrons. The highest BCUT2D eigenvalue weighted by Crippen LogP contribution is 2.34. The Hall–Kier alpha value is -1.75. The fraction of sp³-hybridized carbons (Fsp3) is 0.0667. The predicted octanol–water partition coefficient (Wildman–Crippen LogP) is 4.46. The fourth-order valence-corrected chi connectivity index (χ4v) is 2.56. The Morgan fingerprint density at radius 3 is 2.59 bits per heavy atom. The number of hydrogen-bond acceptors (Lipinski definition) is 3. The molecule has 1 heterocycles. The summed E-state index contributed by atoms with van der Waals surface area (Å²) in [5.74, 6) is 0.762.